The number of amidine groups is 1. The number of unbranched alkanes of at least 4 members (excludes halogenated alkanes) is 1. The van der Waals surface area contributed by atoms with E-state index in [1.807, 2.05) is 19.1 Å². The fraction of sp³-hybridized carbons (Fsp3) is 0.273. The minimum atomic E-state index is -3.59. The summed E-state index contributed by atoms with van der Waals surface area (Å²) >= 11 is 0. The van der Waals surface area contributed by atoms with Crippen molar-refractivity contribution in [3.8, 4) is 0 Å². The number of Topliss-reactive ketones (excluding diaryl/α,β-unsaturated/α-hetero) is 1. The third-order valence-electron chi connectivity index (χ3n) is 5.78. The standard InChI is InChI=1S/C22H25N3O4S.ClH/c1-3-4-11-22(2)15-8-6-5-7-14(15)19(26)18(20(22)27)21-24-16-10-9-13(23)12-17(16)30(28,29)25-21;/h5-10,12,26,28-29H,3-4,11,23H2,1-2H3,(H,24,25);1H. The Bertz CT molecular complexity index is 1120. The summed E-state index contributed by atoms with van der Waals surface area (Å²) in [6, 6.07) is 11.9. The number of fused-ring (bicyclic) bond motifs is 2. The van der Waals surface area contributed by atoms with Gasteiger partial charge in [0.1, 0.15) is 16.2 Å². The second-order valence-corrected chi connectivity index (χ2v) is 9.53. The smallest absolute Gasteiger partial charge is 0.180 e. The van der Waals surface area contributed by atoms with Gasteiger partial charge in [-0.1, -0.05) is 54.8 Å². The molecular weight excluding hydrogens is 438 g/mol. The van der Waals surface area contributed by atoms with Gasteiger partial charge < -0.3 is 16.2 Å². The Morgan fingerprint density at radius 3 is 2.61 bits per heavy atom. The van der Waals surface area contributed by atoms with E-state index in [4.69, 9.17) is 5.73 Å². The number of ketones is 1. The molecule has 1 aliphatic carbocycles. The summed E-state index contributed by atoms with van der Waals surface area (Å²) in [6.45, 7) is 3.92. The number of nitrogens with two attached hydrogens (primary N) is 1. The van der Waals surface area contributed by atoms with Crippen molar-refractivity contribution in [2.45, 2.75) is 43.4 Å². The second-order valence-electron chi connectivity index (χ2n) is 7.87. The maximum absolute atomic E-state index is 13.7. The highest BCUT2D eigenvalue weighted by Gasteiger charge is 2.46. The van der Waals surface area contributed by atoms with Gasteiger partial charge in [-0.05, 0) is 37.1 Å². The Morgan fingerprint density at radius 2 is 1.90 bits per heavy atom. The van der Waals surface area contributed by atoms with E-state index in [9.17, 15) is 19.0 Å². The van der Waals surface area contributed by atoms with Gasteiger partial charge in [0.05, 0.1) is 11.1 Å². The highest BCUT2D eigenvalue weighted by atomic mass is 35.5. The number of hydrogen-bond acceptors (Lipinski definition) is 7. The van der Waals surface area contributed by atoms with Crippen LogP contribution in [-0.4, -0.2) is 25.8 Å². The van der Waals surface area contributed by atoms with Crippen molar-refractivity contribution in [3.63, 3.8) is 0 Å². The Morgan fingerprint density at radius 1 is 1.19 bits per heavy atom. The number of rotatable bonds is 4. The molecule has 2 aromatic rings. The highest BCUT2D eigenvalue weighted by molar-refractivity contribution is 8.23. The number of carbonyl (C=O) groups is 1. The predicted molar refractivity (Wildman–Crippen MR) is 128 cm³/mol. The molecule has 1 heterocycles. The van der Waals surface area contributed by atoms with Gasteiger partial charge in [-0.25, -0.2) is 0 Å². The van der Waals surface area contributed by atoms with E-state index in [-0.39, 0.29) is 40.3 Å². The molecule has 1 atom stereocenters. The van der Waals surface area contributed by atoms with Crippen molar-refractivity contribution < 1.29 is 19.0 Å². The molecule has 6 N–H and O–H groups in total. The fourth-order valence-electron chi connectivity index (χ4n) is 4.11. The minimum absolute atomic E-state index is 0. The SMILES string of the molecule is CCCCC1(C)C(=O)C(C2=NS(O)(O)c3cc(N)ccc3N2)=C(O)c2ccccc21.Cl. The first-order valence-corrected chi connectivity index (χ1v) is 11.3. The zero-order valence-corrected chi connectivity index (χ0v) is 18.9. The van der Waals surface area contributed by atoms with Crippen molar-refractivity contribution >= 4 is 51.9 Å². The molecule has 0 saturated heterocycles. The van der Waals surface area contributed by atoms with Crippen LogP contribution in [0, 0.1) is 0 Å². The molecule has 0 bridgehead atoms. The summed E-state index contributed by atoms with van der Waals surface area (Å²) in [5.41, 5.74) is 6.95. The molecule has 7 nitrogen and oxygen atoms in total. The van der Waals surface area contributed by atoms with Gasteiger partial charge in [-0.2, -0.15) is 0 Å². The maximum atomic E-state index is 13.7. The van der Waals surface area contributed by atoms with Crippen LogP contribution in [0.15, 0.2) is 57.3 Å². The number of nitrogens with one attached hydrogen (secondary N) is 1. The molecule has 1 unspecified atom stereocenters. The zero-order chi connectivity index (χ0) is 21.7. The Labute approximate surface area is 189 Å². The Hall–Kier alpha value is -2.52. The molecule has 4 rings (SSSR count). The van der Waals surface area contributed by atoms with Gasteiger partial charge in [-0.15, -0.1) is 16.8 Å². The van der Waals surface area contributed by atoms with Gasteiger partial charge in [0.15, 0.2) is 11.6 Å². The van der Waals surface area contributed by atoms with Crippen LogP contribution in [0.3, 0.4) is 0 Å². The lowest BCUT2D eigenvalue weighted by Crippen LogP contribution is -2.42. The molecule has 0 amide bonds. The van der Waals surface area contributed by atoms with Crippen LogP contribution in [0.5, 0.6) is 0 Å². The third kappa shape index (κ3) is 3.70. The molecule has 0 spiro atoms. The van der Waals surface area contributed by atoms with Crippen LogP contribution in [0.2, 0.25) is 0 Å². The summed E-state index contributed by atoms with van der Waals surface area (Å²) in [5.74, 6) is -0.565. The summed E-state index contributed by atoms with van der Waals surface area (Å²) < 4.78 is 25.3. The van der Waals surface area contributed by atoms with E-state index in [0.717, 1.165) is 18.4 Å². The normalized spacial score (nSPS) is 22.5. The number of nitrogen functional groups attached to an aromatic ring is 1. The number of anilines is 2. The van der Waals surface area contributed by atoms with E-state index in [2.05, 4.69) is 16.6 Å². The summed E-state index contributed by atoms with van der Waals surface area (Å²) in [7, 11) is -3.59. The van der Waals surface area contributed by atoms with Gasteiger partial charge >= 0.3 is 0 Å². The van der Waals surface area contributed by atoms with Crippen molar-refractivity contribution in [1.29, 1.82) is 0 Å². The number of nitrogens with zero attached hydrogens (tertiary/aromatic N) is 1. The lowest BCUT2D eigenvalue weighted by molar-refractivity contribution is -0.120. The number of carbonyl (C=O) groups excluding carboxylic acids is 1. The highest BCUT2D eigenvalue weighted by Crippen LogP contribution is 2.56. The minimum Gasteiger partial charge on any atom is -0.506 e. The molecule has 9 heteroatoms. The molecular formula is C22H26ClN3O4S. The molecule has 0 radical (unpaired) electrons. The first-order chi connectivity index (χ1) is 14.2. The van der Waals surface area contributed by atoms with Crippen molar-refractivity contribution in [1.82, 2.24) is 0 Å². The van der Waals surface area contributed by atoms with Crippen LogP contribution in [0.1, 0.15) is 44.2 Å². The number of aliphatic hydroxyl groups excluding tert-OH is 1. The molecule has 0 fully saturated rings. The molecule has 166 valence electrons. The maximum Gasteiger partial charge on any atom is 0.180 e. The molecule has 0 saturated carbocycles. The number of aliphatic hydroxyl groups is 1. The van der Waals surface area contributed by atoms with Crippen LogP contribution >= 0.6 is 23.2 Å². The van der Waals surface area contributed by atoms with Crippen LogP contribution in [0.4, 0.5) is 11.4 Å². The van der Waals surface area contributed by atoms with Crippen LogP contribution in [0.25, 0.3) is 5.76 Å². The first kappa shape index (κ1) is 23.1. The predicted octanol–water partition coefficient (Wildman–Crippen LogP) is 5.54. The second kappa shape index (κ2) is 8.20. The Kier molecular flexibility index (Phi) is 6.12. The van der Waals surface area contributed by atoms with Gasteiger partial charge in [0.25, 0.3) is 0 Å². The summed E-state index contributed by atoms with van der Waals surface area (Å²) in [6.07, 6.45) is 2.36. The van der Waals surface area contributed by atoms with Crippen molar-refractivity contribution in [2.75, 3.05) is 11.1 Å². The largest absolute Gasteiger partial charge is 0.506 e. The van der Waals surface area contributed by atoms with E-state index in [1.54, 1.807) is 24.3 Å². The van der Waals surface area contributed by atoms with Crippen molar-refractivity contribution in [2.24, 2.45) is 4.40 Å². The quantitative estimate of drug-likeness (QED) is 0.379. The van der Waals surface area contributed by atoms with Crippen LogP contribution < -0.4 is 11.1 Å². The fourth-order valence-corrected chi connectivity index (χ4v) is 5.31. The van der Waals surface area contributed by atoms with Crippen LogP contribution in [-0.2, 0) is 10.2 Å². The van der Waals surface area contributed by atoms with Gasteiger partial charge in [0.2, 0.25) is 0 Å². The van der Waals surface area contributed by atoms with E-state index in [1.165, 1.54) is 6.07 Å². The van der Waals surface area contributed by atoms with E-state index < -0.39 is 16.2 Å². The third-order valence-corrected chi connectivity index (χ3v) is 7.15. The monoisotopic (exact) mass is 463 g/mol. The topological polar surface area (TPSA) is 128 Å². The van der Waals surface area contributed by atoms with E-state index in [0.29, 0.717) is 23.4 Å². The lowest BCUT2D eigenvalue weighted by Gasteiger charge is -2.38. The molecule has 1 aliphatic heterocycles. The Balaban J connectivity index is 0.00000272. The molecule has 2 aliphatic rings. The zero-order valence-electron chi connectivity index (χ0n) is 17.3. The number of hydrogen-bond donors (Lipinski definition) is 5. The van der Waals surface area contributed by atoms with Gasteiger partial charge in [-0.3, -0.25) is 13.9 Å². The molecule has 2 aromatic carbocycles. The van der Waals surface area contributed by atoms with Gasteiger partial charge in [0, 0.05) is 11.3 Å². The average Bonchev–Trinajstić information content (AvgIpc) is 2.71. The first-order valence-electron chi connectivity index (χ1n) is 9.82. The lowest BCUT2D eigenvalue weighted by atomic mass is 9.67. The number of benzene rings is 2. The average molecular weight is 464 g/mol. The number of halogens is 1. The molecule has 31 heavy (non-hydrogen) atoms. The van der Waals surface area contributed by atoms with Crippen molar-refractivity contribution in [3.05, 3.63) is 59.2 Å². The molecule has 0 aromatic heterocycles. The summed E-state index contributed by atoms with van der Waals surface area (Å²) in [5, 5.41) is 14.0. The van der Waals surface area contributed by atoms with E-state index >= 15 is 0 Å². The summed E-state index contributed by atoms with van der Waals surface area (Å²) in [4.78, 5) is 13.8.